The van der Waals surface area contributed by atoms with Crippen LogP contribution in [0.4, 0.5) is 0 Å². The molecule has 354 valence electrons. The third-order valence-electron chi connectivity index (χ3n) is 15.6. The number of aromatic nitrogens is 6. The van der Waals surface area contributed by atoms with Gasteiger partial charge in [0, 0.05) is 71.2 Å². The second-order valence-electron chi connectivity index (χ2n) is 19.7. The predicted molar refractivity (Wildman–Crippen MR) is 316 cm³/mol. The number of hydrogen-bond donors (Lipinski definition) is 0. The molecule has 11 aromatic carbocycles. The summed E-state index contributed by atoms with van der Waals surface area (Å²) < 4.78 is 9.69. The summed E-state index contributed by atoms with van der Waals surface area (Å²) in [5, 5.41) is 9.69. The van der Waals surface area contributed by atoms with E-state index in [-0.39, 0.29) is 0 Å². The first-order chi connectivity index (χ1) is 37.7. The predicted octanol–water partition coefficient (Wildman–Crippen LogP) is 17.9. The Morgan fingerprint density at radius 1 is 0.224 bits per heavy atom. The molecule has 0 amide bonds. The number of para-hydroxylation sites is 8. The van der Waals surface area contributed by atoms with Crippen molar-refractivity contribution in [1.82, 2.24) is 28.2 Å². The van der Waals surface area contributed by atoms with E-state index in [1.807, 2.05) is 6.07 Å². The average Bonchev–Trinajstić information content (AvgIpc) is 4.29. The van der Waals surface area contributed by atoms with Gasteiger partial charge in [0.25, 0.3) is 0 Å². The third kappa shape index (κ3) is 6.28. The standard InChI is InChI=1S/C70H44N6/c1-4-22-45(23-5-1)70-71-58(52-32-14-20-38-64(52)75-62-36-18-12-30-50(62)56-40-54-48-28-10-16-34-60(48)73(66(54)43-68(56)75)46-24-6-2-7-25-46)42-59(72-70)53-33-15-21-39-65(53)76-63-37-19-13-31-51(63)57-41-55-49-29-11-17-35-61(49)74(67(55)44-69(57)76)47-26-8-3-9-27-47/h1-44H. The number of fused-ring (bicyclic) bond motifs is 12. The molecule has 5 heterocycles. The molecule has 0 fully saturated rings. The molecule has 5 aromatic heterocycles. The fourth-order valence-electron chi connectivity index (χ4n) is 12.3. The highest BCUT2D eigenvalue weighted by atomic mass is 15.0. The SMILES string of the molecule is c1ccc(-c2nc(-c3ccccc3-n3c4ccccc4c4cc5c6ccccc6n(-c6ccccc6)c5cc43)cc(-c3ccccc3-n3c4ccccc4c4cc5c6ccccc6n(-c6ccccc6)c5cc43)n2)cc1. The smallest absolute Gasteiger partial charge is 0.160 e. The van der Waals surface area contributed by atoms with E-state index in [1.165, 1.54) is 54.1 Å². The lowest BCUT2D eigenvalue weighted by Crippen LogP contribution is -2.02. The van der Waals surface area contributed by atoms with Crippen molar-refractivity contribution in [3.8, 4) is 56.7 Å². The molecule has 6 nitrogen and oxygen atoms in total. The average molecular weight is 969 g/mol. The van der Waals surface area contributed by atoms with Gasteiger partial charge in [0.2, 0.25) is 0 Å². The summed E-state index contributed by atoms with van der Waals surface area (Å²) in [7, 11) is 0. The van der Waals surface area contributed by atoms with Crippen molar-refractivity contribution in [2.45, 2.75) is 0 Å². The number of hydrogen-bond acceptors (Lipinski definition) is 2. The lowest BCUT2D eigenvalue weighted by molar-refractivity contribution is 1.14. The normalized spacial score (nSPS) is 11.9. The van der Waals surface area contributed by atoms with Crippen LogP contribution < -0.4 is 0 Å². The quantitative estimate of drug-likeness (QED) is 0.160. The highest BCUT2D eigenvalue weighted by molar-refractivity contribution is 6.21. The summed E-state index contributed by atoms with van der Waals surface area (Å²) >= 11 is 0. The van der Waals surface area contributed by atoms with Crippen molar-refractivity contribution in [1.29, 1.82) is 0 Å². The van der Waals surface area contributed by atoms with Crippen LogP contribution >= 0.6 is 0 Å². The van der Waals surface area contributed by atoms with Crippen LogP contribution in [0.1, 0.15) is 0 Å². The van der Waals surface area contributed by atoms with E-state index >= 15 is 0 Å². The maximum absolute atomic E-state index is 5.51. The van der Waals surface area contributed by atoms with Crippen LogP contribution in [-0.4, -0.2) is 28.2 Å². The summed E-state index contributed by atoms with van der Waals surface area (Å²) in [5.41, 5.74) is 18.1. The van der Waals surface area contributed by atoms with Crippen molar-refractivity contribution in [2.24, 2.45) is 0 Å². The van der Waals surface area contributed by atoms with Crippen LogP contribution in [0.25, 0.3) is 144 Å². The van der Waals surface area contributed by atoms with Gasteiger partial charge in [-0.2, -0.15) is 0 Å². The highest BCUT2D eigenvalue weighted by Gasteiger charge is 2.24. The Morgan fingerprint density at radius 3 is 0.947 bits per heavy atom. The summed E-state index contributed by atoms with van der Waals surface area (Å²) in [6.07, 6.45) is 0. The monoisotopic (exact) mass is 968 g/mol. The molecule has 0 atom stereocenters. The maximum atomic E-state index is 5.51. The molecule has 16 aromatic rings. The Morgan fingerprint density at radius 2 is 0.539 bits per heavy atom. The highest BCUT2D eigenvalue weighted by Crippen LogP contribution is 2.44. The molecule has 0 saturated carbocycles. The molecule has 0 N–H and O–H groups in total. The van der Waals surface area contributed by atoms with Crippen LogP contribution in [0, 0.1) is 0 Å². The van der Waals surface area contributed by atoms with Crippen LogP contribution in [0.3, 0.4) is 0 Å². The van der Waals surface area contributed by atoms with E-state index in [9.17, 15) is 0 Å². The van der Waals surface area contributed by atoms with Gasteiger partial charge in [-0.05, 0) is 91.0 Å². The zero-order valence-corrected chi connectivity index (χ0v) is 41.1. The van der Waals surface area contributed by atoms with Gasteiger partial charge in [0.1, 0.15) is 0 Å². The third-order valence-corrected chi connectivity index (χ3v) is 15.6. The largest absolute Gasteiger partial charge is 0.309 e. The molecule has 0 bridgehead atoms. The molecule has 0 saturated heterocycles. The van der Waals surface area contributed by atoms with E-state index in [4.69, 9.17) is 9.97 Å². The second kappa shape index (κ2) is 16.6. The molecule has 0 spiro atoms. The first-order valence-electron chi connectivity index (χ1n) is 25.9. The van der Waals surface area contributed by atoms with Crippen LogP contribution in [-0.2, 0) is 0 Å². The minimum Gasteiger partial charge on any atom is -0.309 e. The van der Waals surface area contributed by atoms with E-state index < -0.39 is 0 Å². The summed E-state index contributed by atoms with van der Waals surface area (Å²) in [6.45, 7) is 0. The Kier molecular flexibility index (Phi) is 9.23. The molecular formula is C70H44N6. The van der Waals surface area contributed by atoms with Gasteiger partial charge in [0.05, 0.1) is 66.9 Å². The zero-order valence-electron chi connectivity index (χ0n) is 41.1. The second-order valence-corrected chi connectivity index (χ2v) is 19.7. The summed E-state index contributed by atoms with van der Waals surface area (Å²) in [5.74, 6) is 0.658. The fourth-order valence-corrected chi connectivity index (χ4v) is 12.3. The minimum atomic E-state index is 0.658. The molecule has 0 radical (unpaired) electrons. The number of benzene rings is 11. The number of rotatable bonds is 7. The molecular weight excluding hydrogens is 925 g/mol. The van der Waals surface area contributed by atoms with Gasteiger partial charge in [0.15, 0.2) is 5.82 Å². The Balaban J connectivity index is 0.945. The molecule has 76 heavy (non-hydrogen) atoms. The Bertz CT molecular complexity index is 4690. The molecule has 0 aliphatic rings. The lowest BCUT2D eigenvalue weighted by atomic mass is 10.0. The van der Waals surface area contributed by atoms with Gasteiger partial charge in [-0.15, -0.1) is 0 Å². The topological polar surface area (TPSA) is 45.5 Å². The van der Waals surface area contributed by atoms with E-state index in [2.05, 4.69) is 279 Å². The molecule has 6 heteroatoms. The Hall–Kier alpha value is -10.3. The van der Waals surface area contributed by atoms with E-state index in [0.717, 1.165) is 83.9 Å². The first-order valence-corrected chi connectivity index (χ1v) is 25.9. The molecule has 16 rings (SSSR count). The van der Waals surface area contributed by atoms with Crippen LogP contribution in [0.2, 0.25) is 0 Å². The van der Waals surface area contributed by atoms with Crippen molar-refractivity contribution in [3.05, 3.63) is 267 Å². The van der Waals surface area contributed by atoms with Crippen molar-refractivity contribution >= 4 is 87.2 Å². The summed E-state index contributed by atoms with van der Waals surface area (Å²) in [6, 6.07) is 96.2. The van der Waals surface area contributed by atoms with Gasteiger partial charge in [-0.3, -0.25) is 0 Å². The van der Waals surface area contributed by atoms with Gasteiger partial charge in [-0.1, -0.05) is 176 Å². The first kappa shape index (κ1) is 42.2. The van der Waals surface area contributed by atoms with E-state index in [1.54, 1.807) is 0 Å². The van der Waals surface area contributed by atoms with Crippen LogP contribution in [0.15, 0.2) is 267 Å². The van der Waals surface area contributed by atoms with Crippen molar-refractivity contribution in [2.75, 3.05) is 0 Å². The van der Waals surface area contributed by atoms with Gasteiger partial charge >= 0.3 is 0 Å². The molecule has 0 aliphatic carbocycles. The fraction of sp³-hybridized carbons (Fsp3) is 0. The zero-order chi connectivity index (χ0) is 49.8. The number of nitrogens with zero attached hydrogens (tertiary/aromatic N) is 6. The molecule has 0 aliphatic heterocycles. The molecule has 0 unspecified atom stereocenters. The van der Waals surface area contributed by atoms with Crippen molar-refractivity contribution in [3.63, 3.8) is 0 Å². The summed E-state index contributed by atoms with van der Waals surface area (Å²) in [4.78, 5) is 11.0. The lowest BCUT2D eigenvalue weighted by Gasteiger charge is -2.17. The van der Waals surface area contributed by atoms with Gasteiger partial charge in [-0.25, -0.2) is 9.97 Å². The van der Waals surface area contributed by atoms with Crippen LogP contribution in [0.5, 0.6) is 0 Å². The van der Waals surface area contributed by atoms with Gasteiger partial charge < -0.3 is 18.3 Å². The van der Waals surface area contributed by atoms with E-state index in [0.29, 0.717) is 5.82 Å². The maximum Gasteiger partial charge on any atom is 0.160 e. The Labute approximate surface area is 436 Å². The van der Waals surface area contributed by atoms with Crippen molar-refractivity contribution < 1.29 is 0 Å². The minimum absolute atomic E-state index is 0.658.